The lowest BCUT2D eigenvalue weighted by Crippen LogP contribution is -1.98. The summed E-state index contributed by atoms with van der Waals surface area (Å²) in [7, 11) is 3.47. The third-order valence-electron chi connectivity index (χ3n) is 3.53. The second-order valence-corrected chi connectivity index (χ2v) is 5.17. The second kappa shape index (κ2) is 8.84. The lowest BCUT2D eigenvalue weighted by atomic mass is 10.0. The molecule has 0 aliphatic rings. The average molecular weight is 264 g/mol. The van der Waals surface area contributed by atoms with E-state index < -0.39 is 0 Å². The van der Waals surface area contributed by atoms with Crippen LogP contribution in [0, 0.1) is 6.92 Å². The zero-order chi connectivity index (χ0) is 14.1. The lowest BCUT2D eigenvalue weighted by molar-refractivity contribution is 0.383. The maximum absolute atomic E-state index is 5.48. The summed E-state index contributed by atoms with van der Waals surface area (Å²) in [5.41, 5.74) is 2.39. The highest BCUT2D eigenvalue weighted by atomic mass is 16.5. The van der Waals surface area contributed by atoms with Crippen molar-refractivity contribution in [1.82, 2.24) is 0 Å². The van der Waals surface area contributed by atoms with E-state index >= 15 is 0 Å². The molecule has 0 unspecified atom stereocenters. The van der Waals surface area contributed by atoms with Gasteiger partial charge < -0.3 is 9.47 Å². The molecule has 0 saturated carbocycles. The predicted octanol–water partition coefficient (Wildman–Crippen LogP) is 4.92. The van der Waals surface area contributed by atoms with Crippen molar-refractivity contribution in [1.29, 1.82) is 0 Å². The molecule has 0 heterocycles. The lowest BCUT2D eigenvalue weighted by Gasteiger charge is -2.14. The second-order valence-electron chi connectivity index (χ2n) is 5.17. The quantitative estimate of drug-likeness (QED) is 0.590. The molecule has 0 N–H and O–H groups in total. The van der Waals surface area contributed by atoms with Crippen LogP contribution in [0.4, 0.5) is 0 Å². The van der Waals surface area contributed by atoms with E-state index in [1.807, 2.05) is 0 Å². The van der Waals surface area contributed by atoms with Gasteiger partial charge in [0.1, 0.15) is 11.5 Å². The van der Waals surface area contributed by atoms with Crippen molar-refractivity contribution in [2.24, 2.45) is 0 Å². The van der Waals surface area contributed by atoms with Crippen molar-refractivity contribution in [2.75, 3.05) is 14.2 Å². The Hall–Kier alpha value is -1.18. The molecule has 2 nitrogen and oxygen atoms in total. The van der Waals surface area contributed by atoms with Crippen LogP contribution >= 0.6 is 0 Å². The summed E-state index contributed by atoms with van der Waals surface area (Å²) in [4.78, 5) is 0. The van der Waals surface area contributed by atoms with E-state index in [0.29, 0.717) is 0 Å². The van der Waals surface area contributed by atoms with Crippen LogP contribution in [0.3, 0.4) is 0 Å². The largest absolute Gasteiger partial charge is 0.496 e. The number of methoxy groups -OCH3 is 2. The van der Waals surface area contributed by atoms with Crippen LogP contribution in [0.5, 0.6) is 11.5 Å². The van der Waals surface area contributed by atoms with Crippen LogP contribution < -0.4 is 9.47 Å². The van der Waals surface area contributed by atoms with Crippen LogP contribution in [0.25, 0.3) is 0 Å². The summed E-state index contributed by atoms with van der Waals surface area (Å²) >= 11 is 0. The molecule has 0 atom stereocenters. The summed E-state index contributed by atoms with van der Waals surface area (Å²) in [6.07, 6.45) is 8.90. The van der Waals surface area contributed by atoms with Crippen LogP contribution in [0.1, 0.15) is 56.6 Å². The minimum atomic E-state index is 0.963. The molecular formula is C17H28O2. The molecule has 1 rings (SSSR count). The van der Waals surface area contributed by atoms with Gasteiger partial charge in [0.25, 0.3) is 0 Å². The Labute approximate surface area is 118 Å². The van der Waals surface area contributed by atoms with Gasteiger partial charge >= 0.3 is 0 Å². The normalized spacial score (nSPS) is 10.5. The molecule has 0 aliphatic heterocycles. The van der Waals surface area contributed by atoms with Crippen LogP contribution in [-0.2, 0) is 6.42 Å². The molecule has 0 saturated heterocycles. The third-order valence-corrected chi connectivity index (χ3v) is 3.53. The van der Waals surface area contributed by atoms with E-state index in [1.165, 1.54) is 49.7 Å². The molecular weight excluding hydrogens is 236 g/mol. The first-order valence-electron chi connectivity index (χ1n) is 7.44. The van der Waals surface area contributed by atoms with Gasteiger partial charge in [-0.15, -0.1) is 0 Å². The number of hydrogen-bond donors (Lipinski definition) is 0. The summed E-state index contributed by atoms with van der Waals surface area (Å²) in [6.45, 7) is 4.32. The molecule has 1 aromatic carbocycles. The number of hydrogen-bond acceptors (Lipinski definition) is 2. The van der Waals surface area contributed by atoms with Gasteiger partial charge in [0, 0.05) is 5.56 Å². The number of ether oxygens (including phenoxy) is 2. The van der Waals surface area contributed by atoms with Gasteiger partial charge in [-0.1, -0.05) is 39.0 Å². The van der Waals surface area contributed by atoms with Gasteiger partial charge in [0.2, 0.25) is 0 Å². The Morgan fingerprint density at radius 2 is 1.37 bits per heavy atom. The Morgan fingerprint density at radius 3 is 1.89 bits per heavy atom. The van der Waals surface area contributed by atoms with Gasteiger partial charge in [-0.05, 0) is 37.5 Å². The Balaban J connectivity index is 2.56. The van der Waals surface area contributed by atoms with Gasteiger partial charge in [-0.25, -0.2) is 0 Å². The van der Waals surface area contributed by atoms with Crippen molar-refractivity contribution < 1.29 is 9.47 Å². The number of aryl methyl sites for hydroxylation is 1. The molecule has 0 fully saturated rings. The zero-order valence-electron chi connectivity index (χ0n) is 12.9. The van der Waals surface area contributed by atoms with Crippen molar-refractivity contribution in [3.8, 4) is 11.5 Å². The maximum Gasteiger partial charge on any atom is 0.126 e. The molecule has 0 aromatic heterocycles. The minimum Gasteiger partial charge on any atom is -0.496 e. The predicted molar refractivity (Wildman–Crippen MR) is 81.4 cm³/mol. The standard InChI is InChI=1S/C17H28O2/c1-5-6-7-8-9-10-11-15-16(18-3)12-14(2)13-17(15)19-4/h12-13H,5-11H2,1-4H3. The topological polar surface area (TPSA) is 18.5 Å². The first kappa shape index (κ1) is 15.9. The van der Waals surface area contributed by atoms with Crippen LogP contribution in [0.2, 0.25) is 0 Å². The molecule has 1 aromatic rings. The molecule has 108 valence electrons. The minimum absolute atomic E-state index is 0.963. The molecule has 0 bridgehead atoms. The van der Waals surface area contributed by atoms with E-state index in [-0.39, 0.29) is 0 Å². The van der Waals surface area contributed by atoms with E-state index in [4.69, 9.17) is 9.47 Å². The van der Waals surface area contributed by atoms with Gasteiger partial charge in [0.15, 0.2) is 0 Å². The fraction of sp³-hybridized carbons (Fsp3) is 0.647. The van der Waals surface area contributed by atoms with E-state index in [1.54, 1.807) is 14.2 Å². The summed E-state index contributed by atoms with van der Waals surface area (Å²) in [5, 5.41) is 0. The monoisotopic (exact) mass is 264 g/mol. The molecule has 0 aliphatic carbocycles. The molecule has 0 spiro atoms. The van der Waals surface area contributed by atoms with Crippen LogP contribution in [0.15, 0.2) is 12.1 Å². The van der Waals surface area contributed by atoms with E-state index in [0.717, 1.165) is 17.9 Å². The fourth-order valence-electron chi connectivity index (χ4n) is 2.44. The summed E-state index contributed by atoms with van der Waals surface area (Å²) in [5.74, 6) is 1.93. The molecule has 2 heteroatoms. The van der Waals surface area contributed by atoms with Crippen molar-refractivity contribution in [2.45, 2.75) is 58.8 Å². The number of unbranched alkanes of at least 4 members (excludes halogenated alkanes) is 5. The van der Waals surface area contributed by atoms with Gasteiger partial charge in [0.05, 0.1) is 14.2 Å². The number of rotatable bonds is 9. The van der Waals surface area contributed by atoms with E-state index in [2.05, 4.69) is 26.0 Å². The smallest absolute Gasteiger partial charge is 0.126 e. The highest BCUT2D eigenvalue weighted by molar-refractivity contribution is 5.47. The Morgan fingerprint density at radius 1 is 0.842 bits per heavy atom. The highest BCUT2D eigenvalue weighted by Crippen LogP contribution is 2.31. The van der Waals surface area contributed by atoms with Crippen molar-refractivity contribution in [3.05, 3.63) is 23.3 Å². The highest BCUT2D eigenvalue weighted by Gasteiger charge is 2.10. The summed E-state index contributed by atoms with van der Waals surface area (Å²) in [6, 6.07) is 4.18. The SMILES string of the molecule is CCCCCCCCc1c(OC)cc(C)cc1OC. The van der Waals surface area contributed by atoms with Gasteiger partial charge in [-0.2, -0.15) is 0 Å². The van der Waals surface area contributed by atoms with Crippen molar-refractivity contribution >= 4 is 0 Å². The molecule has 19 heavy (non-hydrogen) atoms. The Bertz CT molecular complexity index is 347. The number of benzene rings is 1. The summed E-state index contributed by atoms with van der Waals surface area (Å²) < 4.78 is 11.0. The average Bonchev–Trinajstić information content (AvgIpc) is 2.43. The van der Waals surface area contributed by atoms with Crippen molar-refractivity contribution in [3.63, 3.8) is 0 Å². The fourth-order valence-corrected chi connectivity index (χ4v) is 2.44. The third kappa shape index (κ3) is 5.14. The van der Waals surface area contributed by atoms with E-state index in [9.17, 15) is 0 Å². The Kier molecular flexibility index (Phi) is 7.39. The first-order valence-corrected chi connectivity index (χ1v) is 7.44. The zero-order valence-corrected chi connectivity index (χ0v) is 12.9. The maximum atomic E-state index is 5.48. The molecule has 0 amide bonds. The van der Waals surface area contributed by atoms with Crippen LogP contribution in [-0.4, -0.2) is 14.2 Å². The van der Waals surface area contributed by atoms with Gasteiger partial charge in [-0.3, -0.25) is 0 Å². The first-order chi connectivity index (χ1) is 9.22. The molecule has 0 radical (unpaired) electrons.